The van der Waals surface area contributed by atoms with Crippen LogP contribution in [0.25, 0.3) is 0 Å². The van der Waals surface area contributed by atoms with Crippen LogP contribution in [-0.2, 0) is 4.74 Å². The molecule has 1 aliphatic heterocycles. The van der Waals surface area contributed by atoms with Crippen LogP contribution in [0.4, 0.5) is 5.82 Å². The van der Waals surface area contributed by atoms with Crippen molar-refractivity contribution in [3.63, 3.8) is 0 Å². The third-order valence-electron chi connectivity index (χ3n) is 2.58. The molecule has 1 unspecified atom stereocenters. The van der Waals surface area contributed by atoms with Crippen molar-refractivity contribution in [3.05, 3.63) is 23.9 Å². The predicted octanol–water partition coefficient (Wildman–Crippen LogP) is 0.151. The van der Waals surface area contributed by atoms with Gasteiger partial charge in [0.15, 0.2) is 0 Å². The largest absolute Gasteiger partial charge is 0.394 e. The zero-order valence-electron chi connectivity index (χ0n) is 8.83. The fourth-order valence-electron chi connectivity index (χ4n) is 1.75. The van der Waals surface area contributed by atoms with E-state index in [0.717, 1.165) is 5.82 Å². The Kier molecular flexibility index (Phi) is 3.34. The number of morpholine rings is 1. The van der Waals surface area contributed by atoms with Crippen LogP contribution in [0, 0.1) is 11.3 Å². The van der Waals surface area contributed by atoms with Gasteiger partial charge in [-0.3, -0.25) is 0 Å². The number of pyridine rings is 1. The summed E-state index contributed by atoms with van der Waals surface area (Å²) in [6.45, 7) is 1.83. The molecule has 84 valence electrons. The molecule has 5 nitrogen and oxygen atoms in total. The molecule has 0 amide bonds. The van der Waals surface area contributed by atoms with Gasteiger partial charge in [0.25, 0.3) is 0 Å². The Morgan fingerprint density at radius 1 is 1.62 bits per heavy atom. The molecule has 16 heavy (non-hydrogen) atoms. The van der Waals surface area contributed by atoms with E-state index >= 15 is 0 Å². The second-order valence-electron chi connectivity index (χ2n) is 3.60. The maximum atomic E-state index is 9.23. The minimum Gasteiger partial charge on any atom is -0.394 e. The third-order valence-corrected chi connectivity index (χ3v) is 2.58. The zero-order valence-corrected chi connectivity index (χ0v) is 8.83. The molecule has 5 heteroatoms. The Hall–Kier alpha value is -1.64. The van der Waals surface area contributed by atoms with Gasteiger partial charge >= 0.3 is 0 Å². The highest BCUT2D eigenvalue weighted by atomic mass is 16.5. The molecule has 1 aliphatic rings. The number of nitrogens with zero attached hydrogens (tertiary/aromatic N) is 3. The molecule has 0 bridgehead atoms. The normalized spacial score (nSPS) is 20.5. The average molecular weight is 219 g/mol. The maximum absolute atomic E-state index is 9.23. The summed E-state index contributed by atoms with van der Waals surface area (Å²) in [6, 6.07) is 7.24. The Morgan fingerprint density at radius 3 is 3.25 bits per heavy atom. The average Bonchev–Trinajstić information content (AvgIpc) is 2.38. The molecule has 2 heterocycles. The number of rotatable bonds is 2. The molecule has 0 radical (unpaired) electrons. The third kappa shape index (κ3) is 2.13. The van der Waals surface area contributed by atoms with Gasteiger partial charge in [-0.15, -0.1) is 0 Å². The van der Waals surface area contributed by atoms with Gasteiger partial charge in [0.1, 0.15) is 17.6 Å². The van der Waals surface area contributed by atoms with Crippen LogP contribution in [0.15, 0.2) is 18.2 Å². The lowest BCUT2D eigenvalue weighted by Gasteiger charge is -2.35. The minimum absolute atomic E-state index is 0.0263. The quantitative estimate of drug-likeness (QED) is 0.766. The highest BCUT2D eigenvalue weighted by Gasteiger charge is 2.23. The number of aromatic nitrogens is 1. The molecular formula is C11H13N3O2. The lowest BCUT2D eigenvalue weighted by Crippen LogP contribution is -2.48. The number of aliphatic hydroxyl groups is 1. The second-order valence-corrected chi connectivity index (χ2v) is 3.60. The SMILES string of the molecule is N#Cc1cccc(N2CCOCC2CO)n1. The van der Waals surface area contributed by atoms with E-state index in [2.05, 4.69) is 4.98 Å². The molecule has 1 saturated heterocycles. The smallest absolute Gasteiger partial charge is 0.142 e. The molecule has 0 spiro atoms. The van der Waals surface area contributed by atoms with Crippen molar-refractivity contribution in [2.75, 3.05) is 31.3 Å². The molecular weight excluding hydrogens is 206 g/mol. The number of hydrogen-bond donors (Lipinski definition) is 1. The van der Waals surface area contributed by atoms with E-state index in [1.54, 1.807) is 12.1 Å². The van der Waals surface area contributed by atoms with Gasteiger partial charge in [-0.05, 0) is 12.1 Å². The summed E-state index contributed by atoms with van der Waals surface area (Å²) in [4.78, 5) is 6.19. The fourth-order valence-corrected chi connectivity index (χ4v) is 1.75. The molecule has 1 atom stereocenters. The van der Waals surface area contributed by atoms with E-state index in [9.17, 15) is 5.11 Å². The Bertz CT molecular complexity index is 402. The second kappa shape index (κ2) is 4.92. The molecule has 1 aromatic rings. The molecule has 0 saturated carbocycles. The number of anilines is 1. The van der Waals surface area contributed by atoms with E-state index < -0.39 is 0 Å². The van der Waals surface area contributed by atoms with Gasteiger partial charge in [0, 0.05) is 6.54 Å². The summed E-state index contributed by atoms with van der Waals surface area (Å²) in [7, 11) is 0. The first-order valence-electron chi connectivity index (χ1n) is 5.17. The van der Waals surface area contributed by atoms with Crippen LogP contribution in [0.3, 0.4) is 0 Å². The van der Waals surface area contributed by atoms with Crippen molar-refractivity contribution in [2.24, 2.45) is 0 Å². The first-order chi connectivity index (χ1) is 7.85. The summed E-state index contributed by atoms with van der Waals surface area (Å²) >= 11 is 0. The van der Waals surface area contributed by atoms with Gasteiger partial charge in [0.05, 0.1) is 25.9 Å². The Labute approximate surface area is 93.9 Å². The van der Waals surface area contributed by atoms with E-state index in [0.29, 0.717) is 25.5 Å². The van der Waals surface area contributed by atoms with Crippen molar-refractivity contribution in [1.29, 1.82) is 5.26 Å². The zero-order chi connectivity index (χ0) is 11.4. The summed E-state index contributed by atoms with van der Waals surface area (Å²) in [5, 5.41) is 18.0. The van der Waals surface area contributed by atoms with Crippen LogP contribution in [-0.4, -0.2) is 42.5 Å². The monoisotopic (exact) mass is 219 g/mol. The van der Waals surface area contributed by atoms with Crippen molar-refractivity contribution in [1.82, 2.24) is 4.98 Å². The van der Waals surface area contributed by atoms with Crippen molar-refractivity contribution < 1.29 is 9.84 Å². The first-order valence-corrected chi connectivity index (χ1v) is 5.17. The fraction of sp³-hybridized carbons (Fsp3) is 0.455. The van der Waals surface area contributed by atoms with Crippen LogP contribution in [0.2, 0.25) is 0 Å². The maximum Gasteiger partial charge on any atom is 0.142 e. The Morgan fingerprint density at radius 2 is 2.50 bits per heavy atom. The minimum atomic E-state index is -0.0739. The molecule has 1 N–H and O–H groups in total. The van der Waals surface area contributed by atoms with E-state index in [1.165, 1.54) is 0 Å². The number of hydrogen-bond acceptors (Lipinski definition) is 5. The molecule has 1 fully saturated rings. The van der Waals surface area contributed by atoms with Crippen molar-refractivity contribution in [2.45, 2.75) is 6.04 Å². The summed E-state index contributed by atoms with van der Waals surface area (Å²) in [6.07, 6.45) is 0. The van der Waals surface area contributed by atoms with Gasteiger partial charge in [-0.1, -0.05) is 6.07 Å². The first kappa shape index (κ1) is 10.9. The highest BCUT2D eigenvalue weighted by molar-refractivity contribution is 5.43. The van der Waals surface area contributed by atoms with Gasteiger partial charge < -0.3 is 14.7 Å². The predicted molar refractivity (Wildman–Crippen MR) is 58.0 cm³/mol. The topological polar surface area (TPSA) is 69.4 Å². The van der Waals surface area contributed by atoms with E-state index in [-0.39, 0.29) is 12.6 Å². The van der Waals surface area contributed by atoms with Crippen LogP contribution < -0.4 is 4.90 Å². The van der Waals surface area contributed by atoms with Crippen molar-refractivity contribution >= 4 is 5.82 Å². The summed E-state index contributed by atoms with van der Waals surface area (Å²) in [5.74, 6) is 0.724. The van der Waals surface area contributed by atoms with Gasteiger partial charge in [-0.2, -0.15) is 5.26 Å². The molecule has 0 aromatic carbocycles. The lowest BCUT2D eigenvalue weighted by atomic mass is 10.2. The van der Waals surface area contributed by atoms with Crippen LogP contribution in [0.1, 0.15) is 5.69 Å². The lowest BCUT2D eigenvalue weighted by molar-refractivity contribution is 0.0723. The number of aliphatic hydroxyl groups excluding tert-OH is 1. The molecule has 2 rings (SSSR count). The van der Waals surface area contributed by atoms with E-state index in [4.69, 9.17) is 10.00 Å². The molecule has 1 aromatic heterocycles. The molecule has 0 aliphatic carbocycles. The number of ether oxygens (including phenoxy) is 1. The number of nitriles is 1. The van der Waals surface area contributed by atoms with E-state index in [1.807, 2.05) is 17.0 Å². The summed E-state index contributed by atoms with van der Waals surface area (Å²) < 4.78 is 5.29. The highest BCUT2D eigenvalue weighted by Crippen LogP contribution is 2.17. The standard InChI is InChI=1S/C11H13N3O2/c12-6-9-2-1-3-11(13-9)14-4-5-16-8-10(14)7-15/h1-3,10,15H,4-5,7-8H2. The van der Waals surface area contributed by atoms with Crippen LogP contribution >= 0.6 is 0 Å². The van der Waals surface area contributed by atoms with Crippen LogP contribution in [0.5, 0.6) is 0 Å². The van der Waals surface area contributed by atoms with Crippen molar-refractivity contribution in [3.8, 4) is 6.07 Å². The Balaban J connectivity index is 2.24. The van der Waals surface area contributed by atoms with Gasteiger partial charge in [0.2, 0.25) is 0 Å². The van der Waals surface area contributed by atoms with Gasteiger partial charge in [-0.25, -0.2) is 4.98 Å². The summed E-state index contributed by atoms with van der Waals surface area (Å²) in [5.41, 5.74) is 0.390.